The number of rotatable bonds is 7. The van der Waals surface area contributed by atoms with E-state index in [-0.39, 0.29) is 0 Å². The van der Waals surface area contributed by atoms with E-state index in [2.05, 4.69) is 51.0 Å². The van der Waals surface area contributed by atoms with Gasteiger partial charge in [-0.3, -0.25) is 4.98 Å². The van der Waals surface area contributed by atoms with Gasteiger partial charge in [-0.1, -0.05) is 30.4 Å². The summed E-state index contributed by atoms with van der Waals surface area (Å²) in [4.78, 5) is 15.7. The first-order valence-corrected chi connectivity index (χ1v) is 13.0. The van der Waals surface area contributed by atoms with Crippen molar-refractivity contribution in [3.8, 4) is 16.5 Å². The van der Waals surface area contributed by atoms with Crippen LogP contribution in [0.5, 0.6) is 5.19 Å². The summed E-state index contributed by atoms with van der Waals surface area (Å²) in [7, 11) is 0. The lowest BCUT2D eigenvalue weighted by Crippen LogP contribution is -2.34. The second-order valence-electron chi connectivity index (χ2n) is 9.02. The second-order valence-corrected chi connectivity index (χ2v) is 9.96. The molecule has 4 aromatic rings. The molecule has 1 aromatic carbocycles. The third-order valence-electron chi connectivity index (χ3n) is 6.66. The van der Waals surface area contributed by atoms with Crippen LogP contribution >= 0.6 is 11.3 Å². The van der Waals surface area contributed by atoms with Gasteiger partial charge in [0.1, 0.15) is 16.0 Å². The van der Waals surface area contributed by atoms with Crippen LogP contribution in [0.1, 0.15) is 37.4 Å². The van der Waals surface area contributed by atoms with E-state index in [4.69, 9.17) is 4.74 Å². The fraction of sp³-hybridized carbons (Fsp3) is 0.370. The van der Waals surface area contributed by atoms with Crippen molar-refractivity contribution in [3.05, 3.63) is 66.0 Å². The van der Waals surface area contributed by atoms with Crippen LogP contribution in [0.3, 0.4) is 0 Å². The summed E-state index contributed by atoms with van der Waals surface area (Å²) in [6, 6.07) is 14.8. The fourth-order valence-electron chi connectivity index (χ4n) is 4.47. The molecule has 1 aliphatic rings. The van der Waals surface area contributed by atoms with Crippen molar-refractivity contribution in [1.82, 2.24) is 15.0 Å². The fourth-order valence-corrected chi connectivity index (χ4v) is 5.28. The van der Waals surface area contributed by atoms with Crippen LogP contribution in [0.15, 0.2) is 54.7 Å². The van der Waals surface area contributed by atoms with E-state index in [1.165, 1.54) is 34.9 Å². The first-order chi connectivity index (χ1) is 17.4. The molecule has 0 radical (unpaired) electrons. The molecule has 5 rings (SSSR count). The molecule has 0 atom stereocenters. The monoisotopic (exact) mass is 512 g/mol. The Kier molecular flexibility index (Phi) is 7.09. The van der Waals surface area contributed by atoms with Crippen molar-refractivity contribution in [2.75, 3.05) is 24.6 Å². The van der Waals surface area contributed by atoms with E-state index in [0.29, 0.717) is 39.3 Å². The topological polar surface area (TPSA) is 51.1 Å². The third kappa shape index (κ3) is 5.61. The molecule has 9 heteroatoms. The smallest absolute Gasteiger partial charge is 0.433 e. The Morgan fingerprint density at radius 1 is 1.00 bits per heavy atom. The minimum absolute atomic E-state index is 0.522. The number of ether oxygens (including phenoxy) is 1. The molecule has 0 unspecified atom stereocenters. The Bertz CT molecular complexity index is 1300. The maximum Gasteiger partial charge on any atom is 0.433 e. The Hall–Kier alpha value is -3.20. The van der Waals surface area contributed by atoms with Gasteiger partial charge in [-0.2, -0.15) is 13.2 Å². The molecule has 0 saturated carbocycles. The van der Waals surface area contributed by atoms with Crippen LogP contribution in [-0.4, -0.2) is 34.6 Å². The minimum atomic E-state index is -4.46. The number of alkyl halides is 3. The van der Waals surface area contributed by atoms with Gasteiger partial charge in [0.05, 0.1) is 12.3 Å². The SMILES string of the molecule is CCc1ccc(N2CCC(CCOc3nc4ccc(-c5ccc(C(F)(F)F)nc5)nc4s3)CC2)cc1. The van der Waals surface area contributed by atoms with Crippen molar-refractivity contribution < 1.29 is 17.9 Å². The van der Waals surface area contributed by atoms with Crippen LogP contribution in [-0.2, 0) is 12.6 Å². The van der Waals surface area contributed by atoms with Crippen molar-refractivity contribution in [2.24, 2.45) is 5.92 Å². The van der Waals surface area contributed by atoms with Crippen LogP contribution in [0.2, 0.25) is 0 Å². The van der Waals surface area contributed by atoms with E-state index < -0.39 is 11.9 Å². The molecule has 0 aliphatic carbocycles. The number of fused-ring (bicyclic) bond motifs is 1. The Labute approximate surface area is 212 Å². The number of hydrogen-bond donors (Lipinski definition) is 0. The number of benzene rings is 1. The largest absolute Gasteiger partial charge is 0.470 e. The summed E-state index contributed by atoms with van der Waals surface area (Å²) in [6.45, 7) is 4.89. The molecule has 1 fully saturated rings. The molecule has 1 saturated heterocycles. The number of piperidine rings is 1. The van der Waals surface area contributed by atoms with Gasteiger partial charge in [-0.05, 0) is 73.6 Å². The molecule has 4 heterocycles. The number of anilines is 1. The number of aryl methyl sites for hydroxylation is 1. The van der Waals surface area contributed by atoms with Crippen LogP contribution in [0, 0.1) is 5.92 Å². The summed E-state index contributed by atoms with van der Waals surface area (Å²) in [5.74, 6) is 0.627. The molecule has 188 valence electrons. The average molecular weight is 513 g/mol. The zero-order chi connectivity index (χ0) is 25.1. The first-order valence-electron chi connectivity index (χ1n) is 12.2. The second kappa shape index (κ2) is 10.4. The number of halogens is 3. The van der Waals surface area contributed by atoms with E-state index in [1.807, 2.05) is 6.07 Å². The van der Waals surface area contributed by atoms with Gasteiger partial charge in [-0.15, -0.1) is 0 Å². The molecule has 36 heavy (non-hydrogen) atoms. The quantitative estimate of drug-likeness (QED) is 0.266. The molecular formula is C27H27F3N4OS. The van der Waals surface area contributed by atoms with Gasteiger partial charge in [0.2, 0.25) is 0 Å². The van der Waals surface area contributed by atoms with Crippen molar-refractivity contribution in [3.63, 3.8) is 0 Å². The maximum absolute atomic E-state index is 12.8. The molecule has 5 nitrogen and oxygen atoms in total. The Morgan fingerprint density at radius 3 is 2.44 bits per heavy atom. The zero-order valence-electron chi connectivity index (χ0n) is 20.0. The Balaban J connectivity index is 1.13. The number of hydrogen-bond acceptors (Lipinski definition) is 6. The van der Waals surface area contributed by atoms with E-state index >= 15 is 0 Å². The highest BCUT2D eigenvalue weighted by molar-refractivity contribution is 7.19. The third-order valence-corrected chi connectivity index (χ3v) is 7.54. The summed E-state index contributed by atoms with van der Waals surface area (Å²) in [5, 5.41) is 0.564. The number of aromatic nitrogens is 3. The molecule has 0 bridgehead atoms. The molecule has 0 amide bonds. The van der Waals surface area contributed by atoms with Gasteiger partial charge in [0, 0.05) is 30.5 Å². The highest BCUT2D eigenvalue weighted by atomic mass is 32.1. The summed E-state index contributed by atoms with van der Waals surface area (Å²) in [6.07, 6.45) is 1.06. The minimum Gasteiger partial charge on any atom is -0.470 e. The predicted molar refractivity (Wildman–Crippen MR) is 137 cm³/mol. The van der Waals surface area contributed by atoms with Crippen molar-refractivity contribution in [2.45, 2.75) is 38.8 Å². The van der Waals surface area contributed by atoms with E-state index in [0.717, 1.165) is 44.8 Å². The molecule has 0 spiro atoms. The molecule has 0 N–H and O–H groups in total. The molecular weight excluding hydrogens is 485 g/mol. The van der Waals surface area contributed by atoms with Crippen molar-refractivity contribution >= 4 is 27.4 Å². The highest BCUT2D eigenvalue weighted by Crippen LogP contribution is 2.32. The summed E-state index contributed by atoms with van der Waals surface area (Å²) in [5.41, 5.74) is 3.53. The molecule has 1 aliphatic heterocycles. The lowest BCUT2D eigenvalue weighted by atomic mass is 9.93. The first kappa shape index (κ1) is 24.5. The maximum atomic E-state index is 12.8. The van der Waals surface area contributed by atoms with Crippen molar-refractivity contribution in [1.29, 1.82) is 0 Å². The van der Waals surface area contributed by atoms with Gasteiger partial charge >= 0.3 is 6.18 Å². The highest BCUT2D eigenvalue weighted by Gasteiger charge is 2.32. The van der Waals surface area contributed by atoms with Gasteiger partial charge < -0.3 is 9.64 Å². The lowest BCUT2D eigenvalue weighted by molar-refractivity contribution is -0.141. The van der Waals surface area contributed by atoms with Gasteiger partial charge in [0.15, 0.2) is 0 Å². The summed E-state index contributed by atoms with van der Waals surface area (Å²) >= 11 is 1.35. The average Bonchev–Trinajstić information content (AvgIpc) is 3.31. The predicted octanol–water partition coefficient (Wildman–Crippen LogP) is 7.02. The van der Waals surface area contributed by atoms with Crippen LogP contribution < -0.4 is 9.64 Å². The zero-order valence-corrected chi connectivity index (χ0v) is 20.8. The van der Waals surface area contributed by atoms with Gasteiger partial charge in [-0.25, -0.2) is 9.97 Å². The molecule has 3 aromatic heterocycles. The normalized spacial score (nSPS) is 14.9. The van der Waals surface area contributed by atoms with Crippen LogP contribution in [0.4, 0.5) is 18.9 Å². The summed E-state index contributed by atoms with van der Waals surface area (Å²) < 4.78 is 44.2. The number of thiazole rings is 1. The number of pyridine rings is 2. The van der Waals surface area contributed by atoms with Gasteiger partial charge in [0.25, 0.3) is 5.19 Å². The number of nitrogens with zero attached hydrogens (tertiary/aromatic N) is 4. The lowest BCUT2D eigenvalue weighted by Gasteiger charge is -2.33. The standard InChI is InChI=1S/C27H27F3N4OS/c1-2-18-3-6-21(7-4-18)34-14-11-19(12-15-34)13-16-35-26-33-23-9-8-22(32-25(23)36-26)20-5-10-24(31-17-20)27(28,29)30/h3-10,17,19H,2,11-16H2,1H3. The Morgan fingerprint density at radius 2 is 1.78 bits per heavy atom. The van der Waals surface area contributed by atoms with E-state index in [1.54, 1.807) is 6.07 Å². The van der Waals surface area contributed by atoms with E-state index in [9.17, 15) is 13.2 Å². The van der Waals surface area contributed by atoms with Crippen LogP contribution in [0.25, 0.3) is 21.6 Å².